The molecule has 0 aromatic carbocycles. The molecule has 4 aromatic rings. The first-order valence-electron chi connectivity index (χ1n) is 6.44. The van der Waals surface area contributed by atoms with E-state index in [9.17, 15) is 4.79 Å². The Hall–Kier alpha value is -3.47. The quantitative estimate of drug-likeness (QED) is 0.427. The summed E-state index contributed by atoms with van der Waals surface area (Å²) in [7, 11) is 1.64. The molecule has 106 valence electrons. The number of hydrogen-bond acceptors (Lipinski definition) is 5. The normalized spacial score (nSPS) is 10.8. The molecule has 0 saturated heterocycles. The van der Waals surface area contributed by atoms with E-state index in [2.05, 4.69) is 32.1 Å². The molecule has 0 atom stereocenters. The molecular weight excluding hydrogens is 282 g/mol. The molecule has 8 heteroatoms. The van der Waals surface area contributed by atoms with E-state index >= 15 is 0 Å². The van der Waals surface area contributed by atoms with Crippen LogP contribution in [-0.4, -0.2) is 33.9 Å². The van der Waals surface area contributed by atoms with Crippen LogP contribution in [0.4, 0.5) is 0 Å². The summed E-state index contributed by atoms with van der Waals surface area (Å²) in [6, 6.07) is 6.50. The van der Waals surface area contributed by atoms with Gasteiger partial charge in [0, 0.05) is 19.3 Å². The van der Waals surface area contributed by atoms with E-state index in [1.165, 1.54) is 21.8 Å². The highest BCUT2D eigenvalue weighted by atomic mass is 16.1. The second kappa shape index (κ2) is 4.53. The van der Waals surface area contributed by atoms with Gasteiger partial charge in [-0.05, 0) is 18.1 Å². The first-order valence-corrected chi connectivity index (χ1v) is 6.44. The van der Waals surface area contributed by atoms with Crippen molar-refractivity contribution < 1.29 is 0 Å². The molecule has 0 saturated carbocycles. The number of nitrogens with zero attached hydrogens (tertiary/aromatic N) is 7. The molecule has 22 heavy (non-hydrogen) atoms. The van der Waals surface area contributed by atoms with Crippen molar-refractivity contribution in [1.82, 2.24) is 33.9 Å². The minimum absolute atomic E-state index is 0.158. The van der Waals surface area contributed by atoms with E-state index in [-0.39, 0.29) is 5.56 Å². The largest absolute Gasteiger partial charge is 0.302 e. The van der Waals surface area contributed by atoms with Gasteiger partial charge in [0.15, 0.2) is 11.3 Å². The average Bonchev–Trinajstić information content (AvgIpc) is 3.13. The standard InChI is InChI=1S/C14H9N7O/c1-19-9-16-13-11(14(19)22)8-18-20(13)6-4-10-7-15-12-3-2-5-17-21(10)12/h2-3,5,7-9H,1H3. The fraction of sp³-hybridized carbons (Fsp3) is 0.0714. The molecule has 0 aliphatic rings. The Morgan fingerprint density at radius 3 is 3.00 bits per heavy atom. The second-order valence-corrected chi connectivity index (χ2v) is 4.63. The van der Waals surface area contributed by atoms with Gasteiger partial charge >= 0.3 is 0 Å². The van der Waals surface area contributed by atoms with Crippen molar-refractivity contribution in [2.45, 2.75) is 0 Å². The number of fused-ring (bicyclic) bond motifs is 2. The smallest absolute Gasteiger partial charge is 0.264 e. The minimum atomic E-state index is -0.158. The van der Waals surface area contributed by atoms with Gasteiger partial charge in [-0.15, -0.1) is 0 Å². The third kappa shape index (κ3) is 1.76. The van der Waals surface area contributed by atoms with Gasteiger partial charge in [-0.3, -0.25) is 4.79 Å². The van der Waals surface area contributed by atoms with Crippen molar-refractivity contribution in [3.8, 4) is 12.0 Å². The maximum atomic E-state index is 11.9. The van der Waals surface area contributed by atoms with Gasteiger partial charge in [0.2, 0.25) is 0 Å². The zero-order valence-corrected chi connectivity index (χ0v) is 11.5. The average molecular weight is 291 g/mol. The van der Waals surface area contributed by atoms with Crippen LogP contribution in [0.25, 0.3) is 16.7 Å². The molecule has 0 fully saturated rings. The summed E-state index contributed by atoms with van der Waals surface area (Å²) < 4.78 is 4.40. The predicted octanol–water partition coefficient (Wildman–Crippen LogP) is 0.0300. The van der Waals surface area contributed by atoms with E-state index in [1.807, 2.05) is 6.07 Å². The van der Waals surface area contributed by atoms with Gasteiger partial charge in [0.25, 0.3) is 5.56 Å². The summed E-state index contributed by atoms with van der Waals surface area (Å²) in [5.41, 5.74) is 1.61. The number of aryl methyl sites for hydroxylation is 1. The zero-order valence-electron chi connectivity index (χ0n) is 11.5. The first kappa shape index (κ1) is 12.3. The molecule has 0 N–H and O–H groups in total. The van der Waals surface area contributed by atoms with E-state index in [0.717, 1.165) is 0 Å². The van der Waals surface area contributed by atoms with Crippen LogP contribution < -0.4 is 5.56 Å². The summed E-state index contributed by atoms with van der Waals surface area (Å²) in [6.45, 7) is 0. The zero-order chi connectivity index (χ0) is 15.1. The molecule has 0 spiro atoms. The van der Waals surface area contributed by atoms with E-state index in [0.29, 0.717) is 22.4 Å². The summed E-state index contributed by atoms with van der Waals surface area (Å²) >= 11 is 0. The van der Waals surface area contributed by atoms with Crippen LogP contribution in [-0.2, 0) is 7.05 Å². The highest BCUT2D eigenvalue weighted by Gasteiger charge is 2.07. The summed E-state index contributed by atoms with van der Waals surface area (Å²) in [4.78, 5) is 20.3. The molecular formula is C14H9N7O. The lowest BCUT2D eigenvalue weighted by Gasteiger charge is -1.95. The number of aromatic nitrogens is 7. The molecule has 4 heterocycles. The van der Waals surface area contributed by atoms with E-state index < -0.39 is 0 Å². The SMILES string of the molecule is Cn1cnc2c(cnn2C#Cc2cnc3cccnn23)c1=O. The summed E-state index contributed by atoms with van der Waals surface area (Å²) in [5.74, 6) is 2.94. The van der Waals surface area contributed by atoms with Crippen LogP contribution >= 0.6 is 0 Å². The Bertz CT molecular complexity index is 1120. The van der Waals surface area contributed by atoms with Gasteiger partial charge < -0.3 is 4.57 Å². The van der Waals surface area contributed by atoms with Crippen LogP contribution in [0, 0.1) is 12.0 Å². The molecule has 0 aliphatic carbocycles. The third-order valence-corrected chi connectivity index (χ3v) is 3.22. The molecule has 4 aromatic heterocycles. The van der Waals surface area contributed by atoms with Crippen molar-refractivity contribution in [3.05, 3.63) is 53.1 Å². The van der Waals surface area contributed by atoms with Crippen molar-refractivity contribution in [3.63, 3.8) is 0 Å². The monoisotopic (exact) mass is 291 g/mol. The summed E-state index contributed by atoms with van der Waals surface area (Å²) in [6.07, 6.45) is 6.20. The lowest BCUT2D eigenvalue weighted by atomic mass is 10.4. The Labute approximate surface area is 123 Å². The molecule has 0 aliphatic heterocycles. The number of rotatable bonds is 0. The Morgan fingerprint density at radius 2 is 2.09 bits per heavy atom. The van der Waals surface area contributed by atoms with Crippen molar-refractivity contribution in [1.29, 1.82) is 0 Å². The van der Waals surface area contributed by atoms with Gasteiger partial charge in [0.05, 0.1) is 18.7 Å². The molecule has 4 rings (SSSR count). The fourth-order valence-electron chi connectivity index (χ4n) is 2.11. The van der Waals surface area contributed by atoms with Gasteiger partial charge in [-0.25, -0.2) is 14.5 Å². The van der Waals surface area contributed by atoms with Gasteiger partial charge in [-0.1, -0.05) is 0 Å². The van der Waals surface area contributed by atoms with Crippen LogP contribution in [0.1, 0.15) is 5.69 Å². The van der Waals surface area contributed by atoms with Crippen LogP contribution in [0.5, 0.6) is 0 Å². The molecule has 0 unspecified atom stereocenters. The highest BCUT2D eigenvalue weighted by Crippen LogP contribution is 2.05. The first-order chi connectivity index (χ1) is 10.7. The fourth-order valence-corrected chi connectivity index (χ4v) is 2.11. The van der Waals surface area contributed by atoms with E-state index in [1.54, 1.807) is 30.0 Å². The van der Waals surface area contributed by atoms with Crippen molar-refractivity contribution in [2.75, 3.05) is 0 Å². The van der Waals surface area contributed by atoms with Crippen LogP contribution in [0.15, 0.2) is 41.8 Å². The Kier molecular flexibility index (Phi) is 2.53. The lowest BCUT2D eigenvalue weighted by molar-refractivity contribution is 0.835. The maximum absolute atomic E-state index is 11.9. The van der Waals surface area contributed by atoms with Gasteiger partial charge in [-0.2, -0.15) is 14.9 Å². The third-order valence-electron chi connectivity index (χ3n) is 3.22. The molecule has 8 nitrogen and oxygen atoms in total. The van der Waals surface area contributed by atoms with Gasteiger partial charge in [0.1, 0.15) is 11.1 Å². The highest BCUT2D eigenvalue weighted by molar-refractivity contribution is 5.73. The van der Waals surface area contributed by atoms with Crippen molar-refractivity contribution >= 4 is 16.7 Å². The Balaban J connectivity index is 1.85. The van der Waals surface area contributed by atoms with E-state index in [4.69, 9.17) is 0 Å². The second-order valence-electron chi connectivity index (χ2n) is 4.63. The number of imidazole rings is 1. The minimum Gasteiger partial charge on any atom is -0.302 e. The topological polar surface area (TPSA) is 82.9 Å². The maximum Gasteiger partial charge on any atom is 0.264 e. The predicted molar refractivity (Wildman–Crippen MR) is 78.0 cm³/mol. The van der Waals surface area contributed by atoms with Crippen LogP contribution in [0.2, 0.25) is 0 Å². The van der Waals surface area contributed by atoms with Crippen LogP contribution in [0.3, 0.4) is 0 Å². The molecule has 0 amide bonds. The Morgan fingerprint density at radius 1 is 1.18 bits per heavy atom. The molecule has 0 bridgehead atoms. The lowest BCUT2D eigenvalue weighted by Crippen LogP contribution is -2.16. The number of hydrogen-bond donors (Lipinski definition) is 0. The van der Waals surface area contributed by atoms with Crippen molar-refractivity contribution in [2.24, 2.45) is 7.05 Å². The summed E-state index contributed by atoms with van der Waals surface area (Å²) in [5, 5.41) is 8.70. The molecule has 0 radical (unpaired) electrons.